The van der Waals surface area contributed by atoms with Crippen LogP contribution in [0.2, 0.25) is 0 Å². The van der Waals surface area contributed by atoms with Gasteiger partial charge in [0.2, 0.25) is 0 Å². The molecule has 0 amide bonds. The number of hydrogen-bond acceptors (Lipinski definition) is 4. The van der Waals surface area contributed by atoms with Crippen LogP contribution in [0, 0.1) is 0 Å². The van der Waals surface area contributed by atoms with Crippen molar-refractivity contribution in [1.82, 2.24) is 15.2 Å². The van der Waals surface area contributed by atoms with Gasteiger partial charge in [0, 0.05) is 24.5 Å². The molecule has 0 bridgehead atoms. The van der Waals surface area contributed by atoms with Gasteiger partial charge in [0.1, 0.15) is 0 Å². The third-order valence-electron chi connectivity index (χ3n) is 2.66. The average molecular weight is 261 g/mol. The van der Waals surface area contributed by atoms with Crippen molar-refractivity contribution >= 4 is 11.3 Å². The quantitative estimate of drug-likeness (QED) is 0.866. The van der Waals surface area contributed by atoms with Crippen LogP contribution in [0.25, 0.3) is 0 Å². The zero-order valence-corrected chi connectivity index (χ0v) is 11.7. The van der Waals surface area contributed by atoms with Crippen LogP contribution in [0.4, 0.5) is 0 Å². The van der Waals surface area contributed by atoms with Crippen molar-refractivity contribution in [2.24, 2.45) is 0 Å². The second-order valence-corrected chi connectivity index (χ2v) is 5.43. The topological polar surface area (TPSA) is 28.2 Å². The molecule has 0 radical (unpaired) electrons. The van der Waals surface area contributed by atoms with Gasteiger partial charge in [-0.2, -0.15) is 0 Å². The maximum atomic E-state index is 4.63. The van der Waals surface area contributed by atoms with Crippen LogP contribution in [0.3, 0.4) is 0 Å². The van der Waals surface area contributed by atoms with Gasteiger partial charge in [0.15, 0.2) is 0 Å². The van der Waals surface area contributed by atoms with Crippen LogP contribution in [0.15, 0.2) is 35.7 Å². The fourth-order valence-corrected chi connectivity index (χ4v) is 2.68. The number of aromatic nitrogens is 1. The molecule has 0 unspecified atom stereocenters. The molecule has 1 N–H and O–H groups in total. The molecular weight excluding hydrogens is 242 g/mol. The molecule has 3 nitrogen and oxygen atoms in total. The van der Waals surface area contributed by atoms with E-state index in [0.717, 1.165) is 31.0 Å². The molecule has 2 aromatic rings. The zero-order valence-electron chi connectivity index (χ0n) is 10.9. The molecule has 2 heterocycles. The first kappa shape index (κ1) is 13.2. The molecule has 2 rings (SSSR count). The highest BCUT2D eigenvalue weighted by atomic mass is 32.1. The largest absolute Gasteiger partial charge is 0.314 e. The molecule has 0 aliphatic rings. The lowest BCUT2D eigenvalue weighted by Crippen LogP contribution is -2.18. The number of nitrogens with one attached hydrogen (secondary N) is 1. The minimum absolute atomic E-state index is 0.822. The monoisotopic (exact) mass is 261 g/mol. The number of rotatable bonds is 6. The number of thiophene rings is 1. The summed E-state index contributed by atoms with van der Waals surface area (Å²) in [6, 6.07) is 10.5. The standard InChI is InChI=1S/C14H19N3S/c1-15-9-12-5-3-6-13(16-12)10-17(2)11-14-7-4-8-18-14/h3-8,15H,9-11H2,1-2H3. The van der Waals surface area contributed by atoms with E-state index in [1.165, 1.54) is 4.88 Å². The van der Waals surface area contributed by atoms with Crippen molar-refractivity contribution in [1.29, 1.82) is 0 Å². The van der Waals surface area contributed by atoms with Crippen molar-refractivity contribution in [3.05, 3.63) is 52.0 Å². The van der Waals surface area contributed by atoms with Gasteiger partial charge in [-0.3, -0.25) is 9.88 Å². The first-order valence-corrected chi connectivity index (χ1v) is 6.96. The second-order valence-electron chi connectivity index (χ2n) is 4.40. The van der Waals surface area contributed by atoms with E-state index in [0.29, 0.717) is 0 Å². The number of nitrogens with zero attached hydrogens (tertiary/aromatic N) is 2. The summed E-state index contributed by atoms with van der Waals surface area (Å²) in [5.41, 5.74) is 2.22. The van der Waals surface area contributed by atoms with Gasteiger partial charge in [0.05, 0.1) is 11.4 Å². The van der Waals surface area contributed by atoms with Crippen LogP contribution in [0.1, 0.15) is 16.3 Å². The lowest BCUT2D eigenvalue weighted by molar-refractivity contribution is 0.317. The molecule has 4 heteroatoms. The summed E-state index contributed by atoms with van der Waals surface area (Å²) in [5.74, 6) is 0. The van der Waals surface area contributed by atoms with Crippen molar-refractivity contribution in [3.8, 4) is 0 Å². The second kappa shape index (κ2) is 6.64. The van der Waals surface area contributed by atoms with Gasteiger partial charge in [-0.15, -0.1) is 11.3 Å². The molecule has 18 heavy (non-hydrogen) atoms. The Hall–Kier alpha value is -1.23. The summed E-state index contributed by atoms with van der Waals surface area (Å²) in [7, 11) is 4.07. The summed E-state index contributed by atoms with van der Waals surface area (Å²) in [6.07, 6.45) is 0. The van der Waals surface area contributed by atoms with Crippen LogP contribution < -0.4 is 5.32 Å². The molecule has 96 valence electrons. The van der Waals surface area contributed by atoms with E-state index in [-0.39, 0.29) is 0 Å². The minimum Gasteiger partial charge on any atom is -0.314 e. The van der Waals surface area contributed by atoms with E-state index in [1.807, 2.05) is 7.05 Å². The highest BCUT2D eigenvalue weighted by molar-refractivity contribution is 7.09. The van der Waals surface area contributed by atoms with Crippen molar-refractivity contribution < 1.29 is 0 Å². The molecule has 0 saturated heterocycles. The molecule has 0 aromatic carbocycles. The van der Waals surface area contributed by atoms with Crippen LogP contribution in [-0.2, 0) is 19.6 Å². The van der Waals surface area contributed by atoms with Gasteiger partial charge < -0.3 is 5.32 Å². The Morgan fingerprint density at radius 1 is 1.17 bits per heavy atom. The molecular formula is C14H19N3S. The first-order valence-electron chi connectivity index (χ1n) is 6.08. The Morgan fingerprint density at radius 3 is 2.72 bits per heavy atom. The fourth-order valence-electron chi connectivity index (χ4n) is 1.90. The normalized spacial score (nSPS) is 11.1. The van der Waals surface area contributed by atoms with Crippen LogP contribution in [0.5, 0.6) is 0 Å². The third kappa shape index (κ3) is 3.91. The number of pyridine rings is 1. The van der Waals surface area contributed by atoms with E-state index in [4.69, 9.17) is 0 Å². The Balaban J connectivity index is 1.93. The lowest BCUT2D eigenvalue weighted by atomic mass is 10.3. The smallest absolute Gasteiger partial charge is 0.0547 e. The Kier molecular flexibility index (Phi) is 4.87. The van der Waals surface area contributed by atoms with Crippen LogP contribution >= 0.6 is 11.3 Å². The van der Waals surface area contributed by atoms with Crippen molar-refractivity contribution in [3.63, 3.8) is 0 Å². The number of hydrogen-bond donors (Lipinski definition) is 1. The molecule has 0 atom stereocenters. The van der Waals surface area contributed by atoms with Gasteiger partial charge >= 0.3 is 0 Å². The maximum absolute atomic E-state index is 4.63. The molecule has 0 aliphatic heterocycles. The van der Waals surface area contributed by atoms with Crippen molar-refractivity contribution in [2.45, 2.75) is 19.6 Å². The Labute approximate surface area is 112 Å². The summed E-state index contributed by atoms with van der Waals surface area (Å²) in [5, 5.41) is 5.25. The highest BCUT2D eigenvalue weighted by Crippen LogP contribution is 2.12. The predicted octanol–water partition coefficient (Wildman–Crippen LogP) is 2.49. The van der Waals surface area contributed by atoms with E-state index in [9.17, 15) is 0 Å². The van der Waals surface area contributed by atoms with Gasteiger partial charge in [0.25, 0.3) is 0 Å². The molecule has 2 aromatic heterocycles. The Bertz CT molecular complexity index is 468. The lowest BCUT2D eigenvalue weighted by Gasteiger charge is -2.15. The van der Waals surface area contributed by atoms with Gasteiger partial charge in [-0.1, -0.05) is 12.1 Å². The van der Waals surface area contributed by atoms with Gasteiger partial charge in [-0.05, 0) is 37.7 Å². The van der Waals surface area contributed by atoms with E-state index in [1.54, 1.807) is 11.3 Å². The highest BCUT2D eigenvalue weighted by Gasteiger charge is 2.04. The van der Waals surface area contributed by atoms with Crippen LogP contribution in [-0.4, -0.2) is 24.0 Å². The molecule has 0 spiro atoms. The third-order valence-corrected chi connectivity index (χ3v) is 3.52. The van der Waals surface area contributed by atoms with Crippen molar-refractivity contribution in [2.75, 3.05) is 14.1 Å². The maximum Gasteiger partial charge on any atom is 0.0547 e. The zero-order chi connectivity index (χ0) is 12.8. The van der Waals surface area contributed by atoms with E-state index in [2.05, 4.69) is 58.0 Å². The first-order chi connectivity index (χ1) is 8.78. The summed E-state index contributed by atoms with van der Waals surface area (Å²) >= 11 is 1.80. The SMILES string of the molecule is CNCc1cccc(CN(C)Cc2cccs2)n1. The van der Waals surface area contributed by atoms with E-state index >= 15 is 0 Å². The Morgan fingerprint density at radius 2 is 2.00 bits per heavy atom. The average Bonchev–Trinajstić information content (AvgIpc) is 2.82. The summed E-state index contributed by atoms with van der Waals surface area (Å²) in [4.78, 5) is 8.31. The van der Waals surface area contributed by atoms with E-state index < -0.39 is 0 Å². The molecule has 0 saturated carbocycles. The van der Waals surface area contributed by atoms with Gasteiger partial charge in [-0.25, -0.2) is 0 Å². The summed E-state index contributed by atoms with van der Waals surface area (Å²) < 4.78 is 0. The molecule has 0 fully saturated rings. The molecule has 0 aliphatic carbocycles. The fraction of sp³-hybridized carbons (Fsp3) is 0.357. The minimum atomic E-state index is 0.822. The summed E-state index contributed by atoms with van der Waals surface area (Å²) in [6.45, 7) is 2.69. The predicted molar refractivity (Wildman–Crippen MR) is 76.5 cm³/mol.